The van der Waals surface area contributed by atoms with Crippen LogP contribution in [0.4, 0.5) is 10.1 Å². The number of amides is 1. The van der Waals surface area contributed by atoms with Crippen molar-refractivity contribution in [2.75, 3.05) is 11.9 Å². The van der Waals surface area contributed by atoms with Gasteiger partial charge < -0.3 is 10.1 Å². The Morgan fingerprint density at radius 2 is 1.81 bits per heavy atom. The fraction of sp³-hybridized carbons (Fsp3) is 0.211. The van der Waals surface area contributed by atoms with Gasteiger partial charge in [-0.3, -0.25) is 9.59 Å². The molecule has 2 aromatic rings. The predicted octanol–water partition coefficient (Wildman–Crippen LogP) is 4.26. The molecule has 0 saturated heterocycles. The number of esters is 1. The number of hydrogen-bond donors (Lipinski definition) is 1. The molecule has 26 heavy (non-hydrogen) atoms. The molecule has 0 aromatic heterocycles. The molecule has 2 aromatic carbocycles. The van der Waals surface area contributed by atoms with E-state index >= 15 is 0 Å². The highest BCUT2D eigenvalue weighted by molar-refractivity contribution is 6.30. The average molecular weight is 378 g/mol. The second-order valence-electron chi connectivity index (χ2n) is 5.50. The zero-order valence-electron chi connectivity index (χ0n) is 14.1. The molecule has 0 spiro atoms. The molecule has 7 heteroatoms. The summed E-state index contributed by atoms with van der Waals surface area (Å²) in [6, 6.07) is 9.74. The van der Waals surface area contributed by atoms with E-state index in [1.54, 1.807) is 12.1 Å². The van der Waals surface area contributed by atoms with Crippen molar-refractivity contribution in [3.05, 3.63) is 64.4 Å². The first kappa shape index (κ1) is 19.6. The van der Waals surface area contributed by atoms with Crippen LogP contribution in [0.2, 0.25) is 5.02 Å². The zero-order valence-corrected chi connectivity index (χ0v) is 14.8. The van der Waals surface area contributed by atoms with E-state index < -0.39 is 24.2 Å². The molecule has 5 nitrogen and oxygen atoms in total. The van der Waals surface area contributed by atoms with Crippen LogP contribution in [-0.2, 0) is 9.53 Å². The van der Waals surface area contributed by atoms with Gasteiger partial charge in [0, 0.05) is 22.7 Å². The Morgan fingerprint density at radius 1 is 1.12 bits per heavy atom. The lowest BCUT2D eigenvalue weighted by atomic mass is 10.1. The number of benzene rings is 2. The number of hydrogen-bond acceptors (Lipinski definition) is 4. The van der Waals surface area contributed by atoms with E-state index in [4.69, 9.17) is 16.3 Å². The second-order valence-corrected chi connectivity index (χ2v) is 5.94. The summed E-state index contributed by atoms with van der Waals surface area (Å²) >= 11 is 5.62. The molecule has 0 radical (unpaired) electrons. The van der Waals surface area contributed by atoms with Crippen LogP contribution in [0.3, 0.4) is 0 Å². The molecule has 0 fully saturated rings. The number of Topliss-reactive ketones (excluding diaryl/α,β-unsaturated/α-hetero) is 1. The minimum atomic E-state index is -0.948. The van der Waals surface area contributed by atoms with Crippen molar-refractivity contribution in [3.63, 3.8) is 0 Å². The predicted molar refractivity (Wildman–Crippen MR) is 96.0 cm³/mol. The van der Waals surface area contributed by atoms with E-state index in [0.29, 0.717) is 17.7 Å². The lowest BCUT2D eigenvalue weighted by molar-refractivity contribution is -0.116. The first-order valence-electron chi connectivity index (χ1n) is 7.96. The summed E-state index contributed by atoms with van der Waals surface area (Å²) in [6.45, 7) is 1.38. The molecule has 0 saturated carbocycles. The summed E-state index contributed by atoms with van der Waals surface area (Å²) in [5.41, 5.74) is 0.583. The van der Waals surface area contributed by atoms with E-state index in [-0.39, 0.29) is 16.5 Å². The maximum Gasteiger partial charge on any atom is 0.341 e. The van der Waals surface area contributed by atoms with Gasteiger partial charge in [0.25, 0.3) is 0 Å². The van der Waals surface area contributed by atoms with Crippen LogP contribution in [0.25, 0.3) is 0 Å². The first-order valence-corrected chi connectivity index (χ1v) is 8.33. The summed E-state index contributed by atoms with van der Waals surface area (Å²) < 4.78 is 18.5. The molecule has 0 atom stereocenters. The largest absolute Gasteiger partial charge is 0.454 e. The summed E-state index contributed by atoms with van der Waals surface area (Å²) in [5.74, 6) is -2.32. The highest BCUT2D eigenvalue weighted by Gasteiger charge is 2.16. The van der Waals surface area contributed by atoms with Crippen LogP contribution in [0, 0.1) is 5.82 Å². The summed E-state index contributed by atoms with van der Waals surface area (Å²) in [6.07, 6.45) is 1.15. The minimum Gasteiger partial charge on any atom is -0.454 e. The molecule has 0 bridgehead atoms. The Morgan fingerprint density at radius 3 is 2.42 bits per heavy atom. The Balaban J connectivity index is 1.93. The topological polar surface area (TPSA) is 72.5 Å². The number of ether oxygens (including phenoxy) is 1. The number of nitrogens with one attached hydrogen (secondary N) is 1. The fourth-order valence-corrected chi connectivity index (χ4v) is 2.30. The van der Waals surface area contributed by atoms with Crippen LogP contribution in [0.1, 0.15) is 40.5 Å². The van der Waals surface area contributed by atoms with Crippen LogP contribution >= 0.6 is 11.6 Å². The zero-order chi connectivity index (χ0) is 19.1. The summed E-state index contributed by atoms with van der Waals surface area (Å²) in [4.78, 5) is 35.4. The quantitative estimate of drug-likeness (QED) is 0.578. The van der Waals surface area contributed by atoms with Crippen LogP contribution in [0.15, 0.2) is 42.5 Å². The molecular weight excluding hydrogens is 361 g/mol. The number of ketones is 1. The number of rotatable bonds is 7. The molecule has 0 aliphatic rings. The van der Waals surface area contributed by atoms with Gasteiger partial charge in [-0.1, -0.05) is 18.5 Å². The summed E-state index contributed by atoms with van der Waals surface area (Å²) in [5, 5.41) is 2.86. The van der Waals surface area contributed by atoms with Gasteiger partial charge in [0.2, 0.25) is 5.91 Å². The van der Waals surface area contributed by atoms with Crippen molar-refractivity contribution in [3.8, 4) is 0 Å². The maximum atomic E-state index is 13.6. The lowest BCUT2D eigenvalue weighted by Crippen LogP contribution is -2.15. The smallest absolute Gasteiger partial charge is 0.341 e. The van der Waals surface area contributed by atoms with Gasteiger partial charge in [-0.25, -0.2) is 9.18 Å². The monoisotopic (exact) mass is 377 g/mol. The highest BCUT2D eigenvalue weighted by atomic mass is 35.5. The SMILES string of the molecule is CCCC(=O)Nc1ccc(C(=O)COC(=O)c2ccc(Cl)cc2F)cc1. The third-order valence-corrected chi connectivity index (χ3v) is 3.69. The Kier molecular flexibility index (Phi) is 6.86. The molecule has 1 amide bonds. The third kappa shape index (κ3) is 5.39. The van der Waals surface area contributed by atoms with E-state index in [0.717, 1.165) is 12.5 Å². The van der Waals surface area contributed by atoms with Gasteiger partial charge in [0.15, 0.2) is 12.4 Å². The highest BCUT2D eigenvalue weighted by Crippen LogP contribution is 2.16. The Labute approximate surface area is 155 Å². The van der Waals surface area contributed by atoms with E-state index in [1.165, 1.54) is 24.3 Å². The molecule has 0 unspecified atom stereocenters. The average Bonchev–Trinajstić information content (AvgIpc) is 2.60. The van der Waals surface area contributed by atoms with Crippen molar-refractivity contribution >= 4 is 34.9 Å². The molecule has 136 valence electrons. The standard InChI is InChI=1S/C19H17ClFNO4/c1-2-3-18(24)22-14-7-4-12(5-8-14)17(23)11-26-19(25)15-9-6-13(20)10-16(15)21/h4-10H,2-3,11H2,1H3,(H,22,24). The van der Waals surface area contributed by atoms with Crippen LogP contribution in [-0.4, -0.2) is 24.3 Å². The summed E-state index contributed by atoms with van der Waals surface area (Å²) in [7, 11) is 0. The number of halogens is 2. The van der Waals surface area contributed by atoms with Gasteiger partial charge >= 0.3 is 5.97 Å². The van der Waals surface area contributed by atoms with Crippen molar-refractivity contribution in [2.24, 2.45) is 0 Å². The van der Waals surface area contributed by atoms with Gasteiger partial charge in [-0.05, 0) is 48.9 Å². The first-order chi connectivity index (χ1) is 12.4. The van der Waals surface area contributed by atoms with E-state index in [1.807, 2.05) is 6.92 Å². The Bertz CT molecular complexity index is 821. The third-order valence-electron chi connectivity index (χ3n) is 3.45. The lowest BCUT2D eigenvalue weighted by Gasteiger charge is -2.07. The van der Waals surface area contributed by atoms with E-state index in [9.17, 15) is 18.8 Å². The van der Waals surface area contributed by atoms with Gasteiger partial charge in [0.05, 0.1) is 5.56 Å². The second kappa shape index (κ2) is 9.10. The van der Waals surface area contributed by atoms with Crippen molar-refractivity contribution < 1.29 is 23.5 Å². The van der Waals surface area contributed by atoms with Gasteiger partial charge in [0.1, 0.15) is 5.82 Å². The molecule has 0 aliphatic heterocycles. The molecule has 2 rings (SSSR count). The van der Waals surface area contributed by atoms with Crippen molar-refractivity contribution in [2.45, 2.75) is 19.8 Å². The number of anilines is 1. The normalized spacial score (nSPS) is 10.3. The van der Waals surface area contributed by atoms with E-state index in [2.05, 4.69) is 5.32 Å². The number of carbonyl (C=O) groups is 3. The van der Waals surface area contributed by atoms with Crippen LogP contribution in [0.5, 0.6) is 0 Å². The fourth-order valence-electron chi connectivity index (χ4n) is 2.14. The Hall–Kier alpha value is -2.73. The molecule has 0 heterocycles. The van der Waals surface area contributed by atoms with Crippen molar-refractivity contribution in [1.82, 2.24) is 0 Å². The molecular formula is C19H17ClFNO4. The van der Waals surface area contributed by atoms with Crippen molar-refractivity contribution in [1.29, 1.82) is 0 Å². The van der Waals surface area contributed by atoms with Crippen LogP contribution < -0.4 is 5.32 Å². The maximum absolute atomic E-state index is 13.6. The number of carbonyl (C=O) groups excluding carboxylic acids is 3. The van der Waals surface area contributed by atoms with Gasteiger partial charge in [-0.2, -0.15) is 0 Å². The minimum absolute atomic E-state index is 0.106. The molecule has 1 N–H and O–H groups in total. The molecule has 0 aliphatic carbocycles. The van der Waals surface area contributed by atoms with Gasteiger partial charge in [-0.15, -0.1) is 0 Å².